The van der Waals surface area contributed by atoms with Gasteiger partial charge in [-0.2, -0.15) is 5.10 Å². The van der Waals surface area contributed by atoms with Gasteiger partial charge in [0, 0.05) is 30.3 Å². The minimum atomic E-state index is -0.129. The summed E-state index contributed by atoms with van der Waals surface area (Å²) in [5, 5.41) is 4.36. The summed E-state index contributed by atoms with van der Waals surface area (Å²) in [5.74, 6) is 0.535. The van der Waals surface area contributed by atoms with Crippen LogP contribution in [0.4, 0.5) is 0 Å². The van der Waals surface area contributed by atoms with E-state index in [1.54, 1.807) is 35.8 Å². The third kappa shape index (κ3) is 3.22. The molecule has 0 saturated heterocycles. The molecule has 0 aliphatic heterocycles. The molecular weight excluding hydrogens is 358 g/mol. The molecule has 2 heterocycles. The van der Waals surface area contributed by atoms with Gasteiger partial charge in [0.2, 0.25) is 0 Å². The van der Waals surface area contributed by atoms with E-state index < -0.39 is 0 Å². The molecule has 3 rings (SSSR count). The van der Waals surface area contributed by atoms with Crippen LogP contribution in [0.5, 0.6) is 5.75 Å². The Balaban J connectivity index is 1.89. The van der Waals surface area contributed by atoms with Gasteiger partial charge in [0.25, 0.3) is 5.91 Å². The fourth-order valence-electron chi connectivity index (χ4n) is 2.42. The minimum absolute atomic E-state index is 0.129. The third-order valence-corrected chi connectivity index (χ3v) is 3.98. The van der Waals surface area contributed by atoms with Crippen LogP contribution in [-0.2, 0) is 6.54 Å². The van der Waals surface area contributed by atoms with Crippen LogP contribution >= 0.6 is 15.9 Å². The number of carbonyl (C=O) groups excluding carboxylic acids is 1. The zero-order chi connectivity index (χ0) is 16.4. The van der Waals surface area contributed by atoms with Gasteiger partial charge in [-0.05, 0) is 27.6 Å². The topological polar surface area (TPSA) is 46.8 Å². The first kappa shape index (κ1) is 15.6. The second-order valence-electron chi connectivity index (χ2n) is 5.23. The fourth-order valence-corrected chi connectivity index (χ4v) is 2.82. The molecule has 0 bridgehead atoms. The number of carbonyl (C=O) groups is 1. The lowest BCUT2D eigenvalue weighted by Crippen LogP contribution is -2.26. The zero-order valence-electron chi connectivity index (χ0n) is 12.9. The molecule has 3 aromatic rings. The number of halogens is 1. The Kier molecular flexibility index (Phi) is 4.34. The van der Waals surface area contributed by atoms with Crippen LogP contribution < -0.4 is 4.74 Å². The van der Waals surface area contributed by atoms with Gasteiger partial charge in [0.1, 0.15) is 11.3 Å². The van der Waals surface area contributed by atoms with Gasteiger partial charge in [-0.25, -0.2) is 4.52 Å². The second kappa shape index (κ2) is 6.42. The summed E-state index contributed by atoms with van der Waals surface area (Å²) in [6, 6.07) is 13.5. The number of pyridine rings is 1. The van der Waals surface area contributed by atoms with E-state index in [4.69, 9.17) is 4.74 Å². The highest BCUT2D eigenvalue weighted by Gasteiger charge is 2.17. The molecular formula is C17H16BrN3O2. The lowest BCUT2D eigenvalue weighted by molar-refractivity contribution is 0.0779. The SMILES string of the molecule is COc1cc(Br)cn2nc(C(=O)N(C)Cc3ccccc3)cc12. The Bertz CT molecular complexity index is 846. The summed E-state index contributed by atoms with van der Waals surface area (Å²) in [5.41, 5.74) is 2.22. The van der Waals surface area contributed by atoms with Gasteiger partial charge in [-0.1, -0.05) is 30.3 Å². The van der Waals surface area contributed by atoms with Gasteiger partial charge in [0.15, 0.2) is 5.69 Å². The molecule has 0 aliphatic rings. The zero-order valence-corrected chi connectivity index (χ0v) is 14.4. The van der Waals surface area contributed by atoms with Gasteiger partial charge in [-0.15, -0.1) is 0 Å². The Labute approximate surface area is 142 Å². The molecule has 5 nitrogen and oxygen atoms in total. The number of ether oxygens (including phenoxy) is 1. The molecule has 2 aromatic heterocycles. The van der Waals surface area contributed by atoms with Crippen molar-refractivity contribution in [2.75, 3.05) is 14.2 Å². The molecule has 0 N–H and O–H groups in total. The first-order valence-electron chi connectivity index (χ1n) is 7.11. The average Bonchev–Trinajstić information content (AvgIpc) is 2.97. The van der Waals surface area contributed by atoms with E-state index in [2.05, 4.69) is 21.0 Å². The molecule has 118 valence electrons. The van der Waals surface area contributed by atoms with E-state index in [0.717, 1.165) is 15.6 Å². The fraction of sp³-hybridized carbons (Fsp3) is 0.176. The average molecular weight is 374 g/mol. The molecule has 23 heavy (non-hydrogen) atoms. The number of amides is 1. The maximum absolute atomic E-state index is 12.6. The maximum Gasteiger partial charge on any atom is 0.274 e. The molecule has 0 unspecified atom stereocenters. The van der Waals surface area contributed by atoms with E-state index >= 15 is 0 Å². The standard InChI is InChI=1S/C17H16BrN3O2/c1-20(10-12-6-4-3-5-7-12)17(22)14-9-15-16(23-2)8-13(18)11-21(15)19-14/h3-9,11H,10H2,1-2H3. The van der Waals surface area contributed by atoms with Crippen molar-refractivity contribution in [1.29, 1.82) is 0 Å². The van der Waals surface area contributed by atoms with Crippen molar-refractivity contribution in [2.45, 2.75) is 6.54 Å². The first-order valence-corrected chi connectivity index (χ1v) is 7.90. The quantitative estimate of drug-likeness (QED) is 0.704. The van der Waals surface area contributed by atoms with Crippen molar-refractivity contribution in [3.63, 3.8) is 0 Å². The van der Waals surface area contributed by atoms with Crippen LogP contribution in [0.25, 0.3) is 5.52 Å². The molecule has 0 saturated carbocycles. The highest BCUT2D eigenvalue weighted by atomic mass is 79.9. The molecule has 1 aromatic carbocycles. The van der Waals surface area contributed by atoms with E-state index in [9.17, 15) is 4.79 Å². The van der Waals surface area contributed by atoms with Gasteiger partial charge in [-0.3, -0.25) is 4.79 Å². The summed E-state index contributed by atoms with van der Waals surface area (Å²) in [7, 11) is 3.37. The van der Waals surface area contributed by atoms with Crippen molar-refractivity contribution in [2.24, 2.45) is 0 Å². The van der Waals surface area contributed by atoms with Crippen LogP contribution in [0.2, 0.25) is 0 Å². The number of fused-ring (bicyclic) bond motifs is 1. The molecule has 0 radical (unpaired) electrons. The van der Waals surface area contributed by atoms with Crippen LogP contribution in [0, 0.1) is 0 Å². The number of benzene rings is 1. The highest BCUT2D eigenvalue weighted by Crippen LogP contribution is 2.25. The van der Waals surface area contributed by atoms with E-state index in [-0.39, 0.29) is 5.91 Å². The molecule has 0 atom stereocenters. The molecule has 0 spiro atoms. The van der Waals surface area contributed by atoms with Gasteiger partial charge >= 0.3 is 0 Å². The summed E-state index contributed by atoms with van der Waals surface area (Å²) < 4.78 is 7.82. The summed E-state index contributed by atoms with van der Waals surface area (Å²) in [6.45, 7) is 0.536. The Hall–Kier alpha value is -2.34. The van der Waals surface area contributed by atoms with Gasteiger partial charge < -0.3 is 9.64 Å². The third-order valence-electron chi connectivity index (χ3n) is 3.55. The van der Waals surface area contributed by atoms with Crippen molar-refractivity contribution in [3.8, 4) is 5.75 Å². The van der Waals surface area contributed by atoms with Crippen LogP contribution in [0.1, 0.15) is 16.1 Å². The second-order valence-corrected chi connectivity index (χ2v) is 6.15. The van der Waals surface area contributed by atoms with Crippen molar-refractivity contribution < 1.29 is 9.53 Å². The summed E-state index contributed by atoms with van der Waals surface area (Å²) in [4.78, 5) is 14.3. The predicted molar refractivity (Wildman–Crippen MR) is 91.7 cm³/mol. The minimum Gasteiger partial charge on any atom is -0.494 e. The van der Waals surface area contributed by atoms with Crippen LogP contribution in [0.3, 0.4) is 0 Å². The smallest absolute Gasteiger partial charge is 0.274 e. The normalized spacial score (nSPS) is 10.7. The van der Waals surface area contributed by atoms with Gasteiger partial charge in [0.05, 0.1) is 7.11 Å². The monoisotopic (exact) mass is 373 g/mol. The Morgan fingerprint density at radius 1 is 1.30 bits per heavy atom. The number of hydrogen-bond acceptors (Lipinski definition) is 3. The highest BCUT2D eigenvalue weighted by molar-refractivity contribution is 9.10. The lowest BCUT2D eigenvalue weighted by atomic mass is 10.2. The Morgan fingerprint density at radius 3 is 2.74 bits per heavy atom. The molecule has 0 aliphatic carbocycles. The van der Waals surface area contributed by atoms with Crippen molar-refractivity contribution >= 4 is 27.4 Å². The van der Waals surface area contributed by atoms with Crippen molar-refractivity contribution in [3.05, 3.63) is 64.4 Å². The number of hydrogen-bond donors (Lipinski definition) is 0. The number of aromatic nitrogens is 2. The Morgan fingerprint density at radius 2 is 2.04 bits per heavy atom. The maximum atomic E-state index is 12.6. The first-order chi connectivity index (χ1) is 11.1. The van der Waals surface area contributed by atoms with Crippen molar-refractivity contribution in [1.82, 2.24) is 14.5 Å². The van der Waals surface area contributed by atoms with Crippen LogP contribution in [0.15, 0.2) is 53.1 Å². The molecule has 1 amide bonds. The predicted octanol–water partition coefficient (Wildman–Crippen LogP) is 3.38. The summed E-state index contributed by atoms with van der Waals surface area (Å²) >= 11 is 3.41. The number of nitrogens with zero attached hydrogens (tertiary/aromatic N) is 3. The molecule has 0 fully saturated rings. The number of rotatable bonds is 4. The van der Waals surface area contributed by atoms with E-state index in [1.807, 2.05) is 36.4 Å². The largest absolute Gasteiger partial charge is 0.494 e. The van der Waals surface area contributed by atoms with E-state index in [0.29, 0.717) is 18.0 Å². The molecule has 6 heteroatoms. The summed E-state index contributed by atoms with van der Waals surface area (Å²) in [6.07, 6.45) is 1.80. The van der Waals surface area contributed by atoms with Crippen LogP contribution in [-0.4, -0.2) is 34.6 Å². The lowest BCUT2D eigenvalue weighted by Gasteiger charge is -2.15. The number of methoxy groups -OCH3 is 1. The van der Waals surface area contributed by atoms with E-state index in [1.165, 1.54) is 0 Å².